The van der Waals surface area contributed by atoms with Gasteiger partial charge in [0.05, 0.1) is 0 Å². The van der Waals surface area contributed by atoms with Crippen LogP contribution in [0.2, 0.25) is 0 Å². The monoisotopic (exact) mass is 578 g/mol. The molecule has 0 saturated carbocycles. The molecule has 0 spiro atoms. The predicted octanol–water partition coefficient (Wildman–Crippen LogP) is -0.610. The number of benzene rings is 4. The number of aryl methyl sites for hydroxylation is 3. The maximum Gasteiger partial charge on any atom is 4.00 e. The largest absolute Gasteiger partial charge is 4.00 e. The molecule has 0 aromatic heterocycles. The number of halogens is 3. The van der Waals surface area contributed by atoms with E-state index in [9.17, 15) is 0 Å². The van der Waals surface area contributed by atoms with Gasteiger partial charge >= 0.3 is 21.7 Å². The summed E-state index contributed by atoms with van der Waals surface area (Å²) in [5.41, 5.74) is 11.1. The summed E-state index contributed by atoms with van der Waals surface area (Å²) in [7, 11) is 0. The van der Waals surface area contributed by atoms with Gasteiger partial charge in [-0.3, -0.25) is 0 Å². The van der Waals surface area contributed by atoms with Gasteiger partial charge in [-0.25, -0.2) is 6.07 Å². The van der Waals surface area contributed by atoms with Gasteiger partial charge in [0.15, 0.2) is 0 Å². The van der Waals surface area contributed by atoms with Crippen molar-refractivity contribution in [3.63, 3.8) is 0 Å². The molecule has 0 nitrogen and oxygen atoms in total. The number of rotatable bonds is 5. The van der Waals surface area contributed by atoms with Crippen LogP contribution in [0.25, 0.3) is 11.1 Å². The van der Waals surface area contributed by atoms with Crippen molar-refractivity contribution >= 4 is 0 Å². The second-order valence-electron chi connectivity index (χ2n) is 9.11. The van der Waals surface area contributed by atoms with Crippen LogP contribution in [0.3, 0.4) is 0 Å². The van der Waals surface area contributed by atoms with Crippen LogP contribution in [0, 0.1) is 20.8 Å². The molecule has 186 valence electrons. The third-order valence-corrected chi connectivity index (χ3v) is 6.65. The predicted molar refractivity (Wildman–Crippen MR) is 140 cm³/mol. The second kappa shape index (κ2) is 14.1. The molecular formula is C33H29Cl3Ti. The Bertz CT molecular complexity index is 1300. The maximum atomic E-state index is 2.38. The SMILES string of the molecule is Cc1cccc(C(c2cccc(C)c2)(c2cccc(C)c2)[c-]2ccc(-c3ccccc3)c2)c1.[Cl-].[Cl-].[Cl-].[Ti+4]. The van der Waals surface area contributed by atoms with Crippen molar-refractivity contribution in [3.05, 3.63) is 160 Å². The molecule has 0 atom stereocenters. The molecule has 5 rings (SSSR count). The first-order valence-corrected chi connectivity index (χ1v) is 11.6. The van der Waals surface area contributed by atoms with E-state index in [1.165, 1.54) is 50.1 Å². The molecule has 0 bridgehead atoms. The van der Waals surface area contributed by atoms with Crippen molar-refractivity contribution in [2.75, 3.05) is 0 Å². The summed E-state index contributed by atoms with van der Waals surface area (Å²) in [6.07, 6.45) is 0. The van der Waals surface area contributed by atoms with Gasteiger partial charge in [0, 0.05) is 5.41 Å². The first-order valence-electron chi connectivity index (χ1n) is 11.6. The zero-order chi connectivity index (χ0) is 22.8. The Labute approximate surface area is 255 Å². The minimum atomic E-state index is -0.406. The van der Waals surface area contributed by atoms with Crippen LogP contribution in [0.4, 0.5) is 0 Å². The summed E-state index contributed by atoms with van der Waals surface area (Å²) in [6.45, 7) is 6.55. The van der Waals surface area contributed by atoms with E-state index >= 15 is 0 Å². The van der Waals surface area contributed by atoms with Crippen LogP contribution in [0.1, 0.15) is 38.9 Å². The Hall–Kier alpha value is -2.19. The molecular weight excluding hydrogens is 551 g/mol. The average molecular weight is 580 g/mol. The first-order chi connectivity index (χ1) is 16.1. The van der Waals surface area contributed by atoms with E-state index in [1.54, 1.807) is 0 Å². The molecule has 5 aromatic carbocycles. The quantitative estimate of drug-likeness (QED) is 0.148. The molecule has 37 heavy (non-hydrogen) atoms. The van der Waals surface area contributed by atoms with E-state index < -0.39 is 5.41 Å². The topological polar surface area (TPSA) is 0 Å². The van der Waals surface area contributed by atoms with Gasteiger partial charge in [-0.05, 0) is 37.5 Å². The zero-order valence-electron chi connectivity index (χ0n) is 21.2. The molecule has 0 fully saturated rings. The zero-order valence-corrected chi connectivity index (χ0v) is 25.0. The summed E-state index contributed by atoms with van der Waals surface area (Å²) in [5.74, 6) is 0. The third-order valence-electron chi connectivity index (χ3n) is 6.65. The summed E-state index contributed by atoms with van der Waals surface area (Å²) in [5, 5.41) is 0. The van der Waals surface area contributed by atoms with Crippen molar-refractivity contribution in [3.8, 4) is 11.1 Å². The Balaban J connectivity index is 0.00000171. The molecule has 0 aliphatic rings. The van der Waals surface area contributed by atoms with Crippen LogP contribution < -0.4 is 37.2 Å². The van der Waals surface area contributed by atoms with Crippen molar-refractivity contribution in [1.29, 1.82) is 0 Å². The summed E-state index contributed by atoms with van der Waals surface area (Å²) in [6, 6.07) is 44.6. The van der Waals surface area contributed by atoms with Gasteiger partial charge in [0.2, 0.25) is 0 Å². The molecule has 0 unspecified atom stereocenters. The second-order valence-corrected chi connectivity index (χ2v) is 9.11. The van der Waals surface area contributed by atoms with Gasteiger partial charge in [0.25, 0.3) is 0 Å². The van der Waals surface area contributed by atoms with Gasteiger partial charge in [-0.2, -0.15) is 17.7 Å². The Morgan fingerprint density at radius 1 is 0.486 bits per heavy atom. The molecule has 0 amide bonds. The molecule has 4 heteroatoms. The fourth-order valence-corrected chi connectivity index (χ4v) is 5.12. The van der Waals surface area contributed by atoms with E-state index in [0.717, 1.165) is 0 Å². The molecule has 0 aliphatic heterocycles. The Morgan fingerprint density at radius 3 is 1.32 bits per heavy atom. The van der Waals surface area contributed by atoms with Crippen LogP contribution >= 0.6 is 0 Å². The summed E-state index contributed by atoms with van der Waals surface area (Å²) < 4.78 is 0. The minimum Gasteiger partial charge on any atom is -1.00 e. The van der Waals surface area contributed by atoms with Gasteiger partial charge in [0.1, 0.15) is 0 Å². The molecule has 0 radical (unpaired) electrons. The average Bonchev–Trinajstić information content (AvgIpc) is 3.31. The molecule has 0 saturated heterocycles. The van der Waals surface area contributed by atoms with E-state index in [4.69, 9.17) is 0 Å². The smallest absolute Gasteiger partial charge is 1.00 e. The van der Waals surface area contributed by atoms with Gasteiger partial charge in [-0.1, -0.05) is 125 Å². The minimum absolute atomic E-state index is 0. The van der Waals surface area contributed by atoms with Gasteiger partial charge < -0.3 is 37.2 Å². The normalized spacial score (nSPS) is 10.2. The van der Waals surface area contributed by atoms with Crippen LogP contribution in [-0.4, -0.2) is 0 Å². The van der Waals surface area contributed by atoms with E-state index in [1.807, 2.05) is 0 Å². The Morgan fingerprint density at radius 2 is 0.919 bits per heavy atom. The standard InChI is InChI=1S/C33H29.3ClH.Ti/c1-24-10-7-15-29(20-24)33(30-16-8-11-25(2)21-30,31-17-9-12-26(3)22-31)32-19-18-28(23-32)27-13-5-4-6-14-27;;;;/h4-23H,1-3H3;3*1H;/q-1;;;;+4/p-3. The van der Waals surface area contributed by atoms with Crippen LogP contribution in [0.15, 0.2) is 121 Å². The molecule has 0 N–H and O–H groups in total. The maximum absolute atomic E-state index is 2.38. The molecule has 0 aliphatic carbocycles. The summed E-state index contributed by atoms with van der Waals surface area (Å²) >= 11 is 0. The molecule has 0 heterocycles. The van der Waals surface area contributed by atoms with Crippen molar-refractivity contribution < 1.29 is 58.9 Å². The fraction of sp³-hybridized carbons (Fsp3) is 0.121. The Kier molecular flexibility index (Phi) is 12.5. The number of hydrogen-bond acceptors (Lipinski definition) is 0. The van der Waals surface area contributed by atoms with Crippen LogP contribution in [0.5, 0.6) is 0 Å². The first kappa shape index (κ1) is 32.8. The third kappa shape index (κ3) is 6.46. The van der Waals surface area contributed by atoms with Crippen molar-refractivity contribution in [1.82, 2.24) is 0 Å². The van der Waals surface area contributed by atoms with E-state index in [-0.39, 0.29) is 58.9 Å². The van der Waals surface area contributed by atoms with E-state index in [2.05, 4.69) is 142 Å². The van der Waals surface area contributed by atoms with Gasteiger partial charge in [-0.15, -0.1) is 5.56 Å². The van der Waals surface area contributed by atoms with Crippen molar-refractivity contribution in [2.45, 2.75) is 26.2 Å². The van der Waals surface area contributed by atoms with Crippen LogP contribution in [-0.2, 0) is 27.1 Å². The molecule has 5 aromatic rings. The van der Waals surface area contributed by atoms with Crippen molar-refractivity contribution in [2.24, 2.45) is 0 Å². The fourth-order valence-electron chi connectivity index (χ4n) is 5.12. The number of hydrogen-bond donors (Lipinski definition) is 0. The summed E-state index contributed by atoms with van der Waals surface area (Å²) in [4.78, 5) is 0. The van der Waals surface area contributed by atoms with E-state index in [0.29, 0.717) is 0 Å².